The fourth-order valence-corrected chi connectivity index (χ4v) is 2.94. The van der Waals surface area contributed by atoms with Crippen molar-refractivity contribution in [3.8, 4) is 11.8 Å². The third-order valence-electron chi connectivity index (χ3n) is 3.98. The number of hydrogen-bond acceptors (Lipinski definition) is 4. The van der Waals surface area contributed by atoms with Gasteiger partial charge in [0.2, 0.25) is 5.91 Å². The molecular weight excluding hydrogens is 280 g/mol. The van der Waals surface area contributed by atoms with E-state index in [-0.39, 0.29) is 24.5 Å². The van der Waals surface area contributed by atoms with Crippen molar-refractivity contribution >= 4 is 5.91 Å². The molecule has 1 amide bonds. The van der Waals surface area contributed by atoms with Crippen LogP contribution in [0.2, 0.25) is 0 Å². The smallest absolute Gasteiger partial charge is 0.227 e. The molecule has 2 saturated heterocycles. The average Bonchev–Trinajstić information content (AvgIpc) is 2.75. The van der Waals surface area contributed by atoms with E-state index in [1.165, 1.54) is 5.56 Å². The van der Waals surface area contributed by atoms with Crippen LogP contribution in [-0.2, 0) is 16.1 Å². The number of aliphatic hydroxyl groups is 1. The van der Waals surface area contributed by atoms with E-state index in [4.69, 9.17) is 9.84 Å². The lowest BCUT2D eigenvalue weighted by atomic mass is 10.1. The summed E-state index contributed by atoms with van der Waals surface area (Å²) in [5.41, 5.74) is 2.10. The first-order valence-electron chi connectivity index (χ1n) is 7.54. The van der Waals surface area contributed by atoms with Crippen LogP contribution in [0.4, 0.5) is 0 Å². The number of ether oxygens (including phenoxy) is 1. The summed E-state index contributed by atoms with van der Waals surface area (Å²) in [6.07, 6.45) is 0. The van der Waals surface area contributed by atoms with Crippen molar-refractivity contribution in [1.82, 2.24) is 10.2 Å². The van der Waals surface area contributed by atoms with Crippen LogP contribution in [0.5, 0.6) is 0 Å². The van der Waals surface area contributed by atoms with Gasteiger partial charge in [0.15, 0.2) is 0 Å². The molecule has 2 bridgehead atoms. The lowest BCUT2D eigenvalue weighted by molar-refractivity contribution is -0.125. The van der Waals surface area contributed by atoms with Gasteiger partial charge in [0.05, 0.1) is 25.2 Å². The van der Waals surface area contributed by atoms with Crippen molar-refractivity contribution in [3.05, 3.63) is 35.4 Å². The third-order valence-corrected chi connectivity index (χ3v) is 3.98. The molecule has 5 heteroatoms. The van der Waals surface area contributed by atoms with Gasteiger partial charge >= 0.3 is 0 Å². The molecule has 2 fully saturated rings. The number of hydrogen-bond donors (Lipinski definition) is 2. The topological polar surface area (TPSA) is 61.8 Å². The molecular formula is C17H20N2O3. The number of nitrogens with zero attached hydrogens (tertiary/aromatic N) is 1. The van der Waals surface area contributed by atoms with Crippen LogP contribution in [0.15, 0.2) is 24.3 Å². The molecule has 22 heavy (non-hydrogen) atoms. The number of carbonyl (C=O) groups excluding carboxylic acids is 1. The Morgan fingerprint density at radius 2 is 2.09 bits per heavy atom. The van der Waals surface area contributed by atoms with Gasteiger partial charge in [0, 0.05) is 25.2 Å². The van der Waals surface area contributed by atoms with Gasteiger partial charge in [-0.15, -0.1) is 0 Å². The van der Waals surface area contributed by atoms with E-state index in [1.807, 2.05) is 24.3 Å². The van der Waals surface area contributed by atoms with E-state index in [0.29, 0.717) is 13.2 Å². The van der Waals surface area contributed by atoms with E-state index < -0.39 is 0 Å². The number of benzene rings is 1. The number of carbonyl (C=O) groups is 1. The fourth-order valence-electron chi connectivity index (χ4n) is 2.94. The zero-order valence-electron chi connectivity index (χ0n) is 12.4. The van der Waals surface area contributed by atoms with Gasteiger partial charge in [-0.2, -0.15) is 0 Å². The van der Waals surface area contributed by atoms with Gasteiger partial charge < -0.3 is 15.2 Å². The summed E-state index contributed by atoms with van der Waals surface area (Å²) in [6, 6.07) is 8.10. The average molecular weight is 300 g/mol. The summed E-state index contributed by atoms with van der Waals surface area (Å²) >= 11 is 0. The van der Waals surface area contributed by atoms with Gasteiger partial charge in [-0.1, -0.05) is 24.0 Å². The number of fused-ring (bicyclic) bond motifs is 3. The molecule has 0 aromatic heterocycles. The molecule has 0 saturated carbocycles. The largest absolute Gasteiger partial charge is 0.384 e. The Hall–Kier alpha value is -1.87. The van der Waals surface area contributed by atoms with Crippen LogP contribution in [0, 0.1) is 17.8 Å². The number of aliphatic hydroxyl groups excluding tert-OH is 1. The maximum Gasteiger partial charge on any atom is 0.227 e. The van der Waals surface area contributed by atoms with Gasteiger partial charge in [0.1, 0.15) is 6.61 Å². The summed E-state index contributed by atoms with van der Waals surface area (Å²) in [5.74, 6) is 5.56. The highest BCUT2D eigenvalue weighted by Crippen LogP contribution is 2.16. The highest BCUT2D eigenvalue weighted by molar-refractivity contribution is 5.79. The molecule has 2 N–H and O–H groups in total. The lowest BCUT2D eigenvalue weighted by Gasteiger charge is -2.27. The van der Waals surface area contributed by atoms with Crippen LogP contribution in [0.3, 0.4) is 0 Å². The van der Waals surface area contributed by atoms with Crippen molar-refractivity contribution in [2.24, 2.45) is 5.92 Å². The molecule has 116 valence electrons. The second kappa shape index (κ2) is 6.93. The summed E-state index contributed by atoms with van der Waals surface area (Å²) in [7, 11) is 0. The standard InChI is InChI=1S/C17H20N2O3/c20-7-1-2-13-3-5-14(6-4-13)8-19-9-15-11-22-12-16(10-19)18-17(15)21/h3-6,15-16,20H,7-12H2,(H,18,21)/t15-,16+/m1/s1. The van der Waals surface area contributed by atoms with Crippen molar-refractivity contribution in [3.63, 3.8) is 0 Å². The first-order chi connectivity index (χ1) is 10.7. The van der Waals surface area contributed by atoms with Gasteiger partial charge in [-0.25, -0.2) is 0 Å². The van der Waals surface area contributed by atoms with Crippen molar-refractivity contribution < 1.29 is 14.6 Å². The highest BCUT2D eigenvalue weighted by Gasteiger charge is 2.32. The molecule has 2 aliphatic rings. The maximum atomic E-state index is 12.0. The number of rotatable bonds is 2. The zero-order chi connectivity index (χ0) is 15.4. The van der Waals surface area contributed by atoms with E-state index >= 15 is 0 Å². The minimum Gasteiger partial charge on any atom is -0.384 e. The molecule has 2 aliphatic heterocycles. The molecule has 0 aliphatic carbocycles. The van der Waals surface area contributed by atoms with Crippen LogP contribution in [-0.4, -0.2) is 54.9 Å². The highest BCUT2D eigenvalue weighted by atomic mass is 16.5. The van der Waals surface area contributed by atoms with Crippen LogP contribution in [0.1, 0.15) is 11.1 Å². The molecule has 1 aromatic carbocycles. The predicted octanol–water partition coefficient (Wildman–Crippen LogP) is -0.0228. The quantitative estimate of drug-likeness (QED) is 0.754. The summed E-state index contributed by atoms with van der Waals surface area (Å²) in [4.78, 5) is 14.3. The van der Waals surface area contributed by atoms with E-state index in [2.05, 4.69) is 22.1 Å². The SMILES string of the molecule is O=C1N[C@@H]2COC[C@H]1CN(Cc1ccc(C#CCO)cc1)C2. The number of nitrogens with one attached hydrogen (secondary N) is 1. The van der Waals surface area contributed by atoms with Crippen LogP contribution in [0.25, 0.3) is 0 Å². The van der Waals surface area contributed by atoms with E-state index in [0.717, 1.165) is 25.2 Å². The summed E-state index contributed by atoms with van der Waals surface area (Å²) in [6.45, 7) is 3.34. The molecule has 2 heterocycles. The molecule has 1 aromatic rings. The third kappa shape index (κ3) is 3.66. The minimum atomic E-state index is -0.124. The molecule has 0 spiro atoms. The summed E-state index contributed by atoms with van der Waals surface area (Å²) in [5, 5.41) is 11.7. The molecule has 5 nitrogen and oxygen atoms in total. The van der Waals surface area contributed by atoms with Crippen molar-refractivity contribution in [2.75, 3.05) is 32.9 Å². The van der Waals surface area contributed by atoms with E-state index in [9.17, 15) is 4.79 Å². The second-order valence-corrected chi connectivity index (χ2v) is 5.79. The monoisotopic (exact) mass is 300 g/mol. The minimum absolute atomic E-state index is 0.0784. The van der Waals surface area contributed by atoms with Crippen LogP contribution >= 0.6 is 0 Å². The first-order valence-corrected chi connectivity index (χ1v) is 7.54. The van der Waals surface area contributed by atoms with Gasteiger partial charge in [-0.05, 0) is 17.7 Å². The van der Waals surface area contributed by atoms with Crippen molar-refractivity contribution in [1.29, 1.82) is 0 Å². The molecule has 3 rings (SSSR count). The predicted molar refractivity (Wildman–Crippen MR) is 81.9 cm³/mol. The van der Waals surface area contributed by atoms with E-state index in [1.54, 1.807) is 0 Å². The Kier molecular flexibility index (Phi) is 4.74. The fraction of sp³-hybridized carbons (Fsp3) is 0.471. The maximum absolute atomic E-state index is 12.0. The normalized spacial score (nSPS) is 24.9. The van der Waals surface area contributed by atoms with Gasteiger partial charge in [0.25, 0.3) is 0 Å². The zero-order valence-corrected chi connectivity index (χ0v) is 12.4. The van der Waals surface area contributed by atoms with Crippen LogP contribution < -0.4 is 5.32 Å². The molecule has 2 atom stereocenters. The Morgan fingerprint density at radius 1 is 1.27 bits per heavy atom. The Morgan fingerprint density at radius 3 is 2.86 bits per heavy atom. The Labute approximate surface area is 130 Å². The second-order valence-electron chi connectivity index (χ2n) is 5.79. The Bertz CT molecular complexity index is 588. The molecule has 0 unspecified atom stereocenters. The molecule has 0 radical (unpaired) electrons. The van der Waals surface area contributed by atoms with Gasteiger partial charge in [-0.3, -0.25) is 9.69 Å². The summed E-state index contributed by atoms with van der Waals surface area (Å²) < 4.78 is 5.54. The van der Waals surface area contributed by atoms with Crippen molar-refractivity contribution in [2.45, 2.75) is 12.6 Å². The lowest BCUT2D eigenvalue weighted by Crippen LogP contribution is -2.41. The number of amides is 1. The first kappa shape index (κ1) is 15.0. The Balaban J connectivity index is 1.66.